The number of halogens is 3. The Morgan fingerprint density at radius 2 is 0.818 bits per heavy atom. The Hall–Kier alpha value is 1.54. The third-order valence-electron chi connectivity index (χ3n) is 0. The summed E-state index contributed by atoms with van der Waals surface area (Å²) < 4.78 is 0. The van der Waals surface area contributed by atoms with Crippen LogP contribution in [0.4, 0.5) is 0 Å². The van der Waals surface area contributed by atoms with Crippen LogP contribution in [0.15, 0.2) is 0 Å². The predicted molar refractivity (Wildman–Crippen MR) is 39.4 cm³/mol. The van der Waals surface area contributed by atoms with Gasteiger partial charge >= 0.3 is 51.5 Å². The summed E-state index contributed by atoms with van der Waals surface area (Å²) in [7, 11) is 10.4. The van der Waals surface area contributed by atoms with Gasteiger partial charge in [0.15, 0.2) is 0 Å². The zero-order chi connectivity index (χ0) is 8.08. The fraction of sp³-hybridized carbons (Fsp3) is 0. The summed E-state index contributed by atoms with van der Waals surface area (Å²) in [6, 6.07) is 0. The van der Waals surface area contributed by atoms with Gasteiger partial charge in [0.2, 0.25) is 0 Å². The third-order valence-corrected chi connectivity index (χ3v) is 0. The molecule has 0 aliphatic rings. The quantitative estimate of drug-likeness (QED) is 0.329. The normalized spacial score (nSPS) is 8.73. The Labute approximate surface area is 81.4 Å². The first kappa shape index (κ1) is 22.9. The van der Waals surface area contributed by atoms with Crippen molar-refractivity contribution in [3.8, 4) is 0 Å². The molecule has 0 spiro atoms. The molecule has 0 aliphatic carbocycles. The minimum absolute atomic E-state index is 0. The molecule has 0 unspecified atom stereocenters. The van der Waals surface area contributed by atoms with E-state index in [0.717, 1.165) is 0 Å². The van der Waals surface area contributed by atoms with E-state index in [1.54, 1.807) is 0 Å². The fourth-order valence-electron chi connectivity index (χ4n) is 0. The molecule has 0 rings (SSSR count). The first-order valence-electron chi connectivity index (χ1n) is 1.36. The minimum atomic E-state index is -4.61. The summed E-state index contributed by atoms with van der Waals surface area (Å²) in [5.41, 5.74) is 0. The van der Waals surface area contributed by atoms with Crippen LogP contribution in [-0.4, -0.2) is 39.2 Å². The van der Waals surface area contributed by atoms with E-state index in [2.05, 4.69) is 0 Å². The molecule has 0 radical (unpaired) electrons. The van der Waals surface area contributed by atoms with Crippen molar-refractivity contribution in [1.29, 1.82) is 0 Å². The molecular weight excluding hydrogens is 414 g/mol. The van der Waals surface area contributed by atoms with E-state index in [1.165, 1.54) is 0 Å². The van der Waals surface area contributed by atoms with Gasteiger partial charge in [-0.3, -0.25) is 0 Å². The predicted octanol–water partition coefficient (Wildman–Crippen LogP) is -2.19. The van der Waals surface area contributed by atoms with Crippen molar-refractivity contribution in [3.05, 3.63) is 0 Å². The molecule has 0 aromatic rings. The summed E-state index contributed by atoms with van der Waals surface area (Å²) in [6.07, 6.45) is 0. The molecule has 8 N–H and O–H groups in total. The van der Waals surface area contributed by atoms with Crippen LogP contribution in [0.25, 0.3) is 0 Å². The molecule has 0 amide bonds. The number of hydrogen-bond donors (Lipinski definition) is 4. The van der Waals surface area contributed by atoms with Crippen molar-refractivity contribution in [2.45, 2.75) is 0 Å². The van der Waals surface area contributed by atoms with E-state index >= 15 is 0 Å². The molecule has 0 aromatic heterocycles. The van der Waals surface area contributed by atoms with Gasteiger partial charge in [-0.2, -0.15) is 0 Å². The van der Waals surface area contributed by atoms with Crippen molar-refractivity contribution in [3.63, 3.8) is 0 Å². The van der Waals surface area contributed by atoms with Crippen LogP contribution >= 0.6 is 28.3 Å². The van der Waals surface area contributed by atoms with E-state index in [9.17, 15) is 0 Å². The molecule has 6 nitrogen and oxygen atoms in total. The number of rotatable bonds is 0. The second kappa shape index (κ2) is 11.5. The van der Waals surface area contributed by atoms with Crippen LogP contribution < -0.4 is 0 Å². The molecule has 0 aliphatic heterocycles. The van der Waals surface area contributed by atoms with E-state index in [4.69, 9.17) is 47.4 Å². The number of hydrogen-bond acceptors (Lipinski definition) is 4. The Morgan fingerprint density at radius 1 is 0.818 bits per heavy atom. The van der Waals surface area contributed by atoms with E-state index in [1.807, 2.05) is 0 Å². The topological polar surface area (TPSA) is 144 Å². The van der Waals surface area contributed by atoms with Gasteiger partial charge in [-0.1, -0.05) is 0 Å². The van der Waals surface area contributed by atoms with Gasteiger partial charge in [-0.25, -0.2) is 0 Å². The molecular formula is H8Cl3O6SiW. The van der Waals surface area contributed by atoms with Crippen molar-refractivity contribution in [1.82, 2.24) is 0 Å². The van der Waals surface area contributed by atoms with Crippen molar-refractivity contribution >= 4 is 37.3 Å². The van der Waals surface area contributed by atoms with Crippen LogP contribution in [-0.2, 0) is 14.2 Å². The summed E-state index contributed by atoms with van der Waals surface area (Å²) in [4.78, 5) is 29.3. The third kappa shape index (κ3) is 445. The van der Waals surface area contributed by atoms with Gasteiger partial charge in [0.1, 0.15) is 0 Å². The average molecular weight is 422 g/mol. The average Bonchev–Trinajstić information content (AvgIpc) is 1.19. The molecule has 0 fully saturated rings. The van der Waals surface area contributed by atoms with Crippen LogP contribution in [0.2, 0.25) is 0 Å². The fourth-order valence-corrected chi connectivity index (χ4v) is 0. The molecule has 11 heteroatoms. The SMILES string of the molecule is O.O.O[Si](O)(O)O.[Cl][W]([Cl])[Cl]. The van der Waals surface area contributed by atoms with Crippen LogP contribution in [0.3, 0.4) is 0 Å². The van der Waals surface area contributed by atoms with Crippen LogP contribution in [0, 0.1) is 0 Å². The molecule has 11 heavy (non-hydrogen) atoms. The second-order valence-corrected chi connectivity index (χ2v) is 14.7. The zero-order valence-electron chi connectivity index (χ0n) is 4.83. The maximum absolute atomic E-state index is 7.33. The maximum atomic E-state index is 7.33. The Balaban J connectivity index is -0.0000000383. The van der Waals surface area contributed by atoms with Crippen molar-refractivity contribution in [2.75, 3.05) is 0 Å². The summed E-state index contributed by atoms with van der Waals surface area (Å²) >= 11 is -2.11. The standard InChI is InChI=1S/3ClH.H4O4Si.2H2O.W/c;;;1-5(2,3)4;;;/h3*1H;1-4H;2*1H2;/q;;;;;;+3/p-3. The second-order valence-electron chi connectivity index (χ2n) is 0.775. The first-order chi connectivity index (χ1) is 3.73. The molecule has 0 saturated carbocycles. The van der Waals surface area contributed by atoms with Gasteiger partial charge in [-0.15, -0.1) is 0 Å². The Kier molecular flexibility index (Phi) is 24.0. The molecule has 0 bridgehead atoms. The van der Waals surface area contributed by atoms with Crippen LogP contribution in [0.1, 0.15) is 0 Å². The first-order valence-corrected chi connectivity index (χ1v) is 14.1. The molecule has 0 heterocycles. The molecule has 0 aromatic carbocycles. The van der Waals surface area contributed by atoms with Gasteiger partial charge in [0.25, 0.3) is 0 Å². The van der Waals surface area contributed by atoms with Gasteiger partial charge in [-0.05, 0) is 0 Å². The van der Waals surface area contributed by atoms with Gasteiger partial charge < -0.3 is 30.1 Å². The van der Waals surface area contributed by atoms with Crippen LogP contribution in [0.5, 0.6) is 0 Å². The molecule has 75 valence electrons. The summed E-state index contributed by atoms with van der Waals surface area (Å²) in [6.45, 7) is 0. The van der Waals surface area contributed by atoms with Crippen molar-refractivity contribution in [2.24, 2.45) is 0 Å². The molecule has 0 atom stereocenters. The summed E-state index contributed by atoms with van der Waals surface area (Å²) in [5, 5.41) is 0. The monoisotopic (exact) mass is 421 g/mol. The Morgan fingerprint density at radius 3 is 0.818 bits per heavy atom. The van der Waals surface area contributed by atoms with Gasteiger partial charge in [0, 0.05) is 0 Å². The van der Waals surface area contributed by atoms with E-state index in [-0.39, 0.29) is 11.0 Å². The summed E-state index contributed by atoms with van der Waals surface area (Å²) in [5.74, 6) is 0. The van der Waals surface area contributed by atoms with Crippen molar-refractivity contribution < 1.29 is 44.3 Å². The van der Waals surface area contributed by atoms with E-state index < -0.39 is 23.2 Å². The molecule has 0 saturated heterocycles. The zero-order valence-corrected chi connectivity index (χ0v) is 11.0. The Bertz CT molecular complexity index is 54.6. The van der Waals surface area contributed by atoms with E-state index in [0.29, 0.717) is 0 Å². The van der Waals surface area contributed by atoms with Gasteiger partial charge in [0.05, 0.1) is 0 Å².